The van der Waals surface area contributed by atoms with Gasteiger partial charge in [0.1, 0.15) is 30.0 Å². The minimum absolute atomic E-state index is 0.226. The fourth-order valence-electron chi connectivity index (χ4n) is 9.34. The van der Waals surface area contributed by atoms with Crippen LogP contribution >= 0.6 is 0 Å². The first-order chi connectivity index (χ1) is 22.9. The lowest BCUT2D eigenvalue weighted by atomic mass is 9.53. The normalized spacial score (nSPS) is 45.0. The van der Waals surface area contributed by atoms with Crippen molar-refractivity contribution in [3.05, 3.63) is 114 Å². The Hall–Kier alpha value is -3.74. The minimum atomic E-state index is -2.43. The third kappa shape index (κ3) is 3.76. The van der Waals surface area contributed by atoms with Crippen LogP contribution < -0.4 is 0 Å². The molecule has 3 aliphatic heterocycles. The summed E-state index contributed by atoms with van der Waals surface area (Å²) in [5, 5.41) is 34.9. The van der Waals surface area contributed by atoms with Gasteiger partial charge in [0.25, 0.3) is 0 Å². The number of carbonyl (C=O) groups is 2. The van der Waals surface area contributed by atoms with E-state index in [-0.39, 0.29) is 5.57 Å². The molecule has 3 saturated heterocycles. The highest BCUT2D eigenvalue weighted by atomic mass is 16.9. The average molecular weight is 655 g/mol. The summed E-state index contributed by atoms with van der Waals surface area (Å²) in [6.45, 7) is 8.79. The summed E-state index contributed by atoms with van der Waals surface area (Å²) in [6.07, 6.45) is 3.34. The molecule has 3 N–H and O–H groups in total. The number of Topliss-reactive ketones (excluding diaryl/α,β-unsaturated/α-hetero) is 1. The zero-order valence-electron chi connectivity index (χ0n) is 26.8. The van der Waals surface area contributed by atoms with E-state index in [2.05, 4.69) is 6.58 Å². The lowest BCUT2D eigenvalue weighted by molar-refractivity contribution is -0.440. The van der Waals surface area contributed by atoms with Crippen LogP contribution in [-0.2, 0) is 39.2 Å². The van der Waals surface area contributed by atoms with Gasteiger partial charge in [0.05, 0.1) is 12.2 Å². The second-order valence-corrected chi connectivity index (χ2v) is 13.9. The molecule has 0 radical (unpaired) electrons. The van der Waals surface area contributed by atoms with E-state index in [1.807, 2.05) is 49.4 Å². The van der Waals surface area contributed by atoms with E-state index in [1.54, 1.807) is 56.3 Å². The summed E-state index contributed by atoms with van der Waals surface area (Å²) in [4.78, 5) is 27.5. The van der Waals surface area contributed by atoms with Gasteiger partial charge in [-0.2, -0.15) is 0 Å². The summed E-state index contributed by atoms with van der Waals surface area (Å²) in [5.41, 5.74) is -4.99. The van der Waals surface area contributed by atoms with Crippen LogP contribution in [0.15, 0.2) is 103 Å². The van der Waals surface area contributed by atoms with Gasteiger partial charge in [-0.05, 0) is 30.6 Å². The van der Waals surface area contributed by atoms with Crippen molar-refractivity contribution in [2.75, 3.05) is 6.61 Å². The molecule has 2 aromatic rings. The second kappa shape index (κ2) is 10.4. The third-order valence-electron chi connectivity index (χ3n) is 11.5. The maximum atomic E-state index is 13.9. The Morgan fingerprint density at radius 3 is 2.38 bits per heavy atom. The molecule has 10 nitrogen and oxygen atoms in total. The van der Waals surface area contributed by atoms with Gasteiger partial charge in [-0.15, -0.1) is 0 Å². The first-order valence-electron chi connectivity index (χ1n) is 16.2. The zero-order valence-corrected chi connectivity index (χ0v) is 26.8. The maximum absolute atomic E-state index is 13.9. The summed E-state index contributed by atoms with van der Waals surface area (Å²) >= 11 is 0. The number of carbonyl (C=O) groups excluding carboxylic acids is 2. The molecule has 5 fully saturated rings. The van der Waals surface area contributed by atoms with Gasteiger partial charge in [-0.25, -0.2) is 4.79 Å². The summed E-state index contributed by atoms with van der Waals surface area (Å²) in [7, 11) is 0. The fraction of sp³-hybridized carbons (Fsp3) is 0.421. The van der Waals surface area contributed by atoms with Crippen LogP contribution in [0.1, 0.15) is 31.9 Å². The molecule has 2 aromatic carbocycles. The number of aliphatic hydroxyl groups is 3. The Labute approximate surface area is 277 Å². The van der Waals surface area contributed by atoms with Crippen molar-refractivity contribution >= 4 is 17.8 Å². The van der Waals surface area contributed by atoms with Gasteiger partial charge in [0, 0.05) is 29.4 Å². The van der Waals surface area contributed by atoms with Crippen LogP contribution in [0, 0.1) is 17.8 Å². The van der Waals surface area contributed by atoms with E-state index in [4.69, 9.17) is 23.7 Å². The Morgan fingerprint density at radius 2 is 1.71 bits per heavy atom. The van der Waals surface area contributed by atoms with Gasteiger partial charge in [-0.3, -0.25) is 4.79 Å². The number of hydrogen-bond acceptors (Lipinski definition) is 10. The number of allylic oxidation sites excluding steroid dienone is 2. The highest BCUT2D eigenvalue weighted by Gasteiger charge is 2.90. The fourth-order valence-corrected chi connectivity index (χ4v) is 9.34. The van der Waals surface area contributed by atoms with Crippen molar-refractivity contribution in [1.82, 2.24) is 0 Å². The number of aliphatic hydroxyl groups excluding tert-OH is 2. The largest absolute Gasteiger partial charge is 0.455 e. The lowest BCUT2D eigenvalue weighted by Crippen LogP contribution is -2.76. The molecule has 3 heterocycles. The number of hydrogen-bond donors (Lipinski definition) is 3. The van der Waals surface area contributed by atoms with Crippen LogP contribution in [0.2, 0.25) is 0 Å². The third-order valence-corrected chi connectivity index (χ3v) is 11.5. The highest BCUT2D eigenvalue weighted by molar-refractivity contribution is 6.05. The summed E-state index contributed by atoms with van der Waals surface area (Å²) < 4.78 is 33.4. The lowest BCUT2D eigenvalue weighted by Gasteiger charge is -2.61. The second-order valence-electron chi connectivity index (χ2n) is 13.9. The number of epoxide rings is 1. The molecule has 3 bridgehead atoms. The maximum Gasteiger partial charge on any atom is 0.331 e. The molecule has 0 spiro atoms. The number of esters is 1. The van der Waals surface area contributed by atoms with Crippen LogP contribution in [0.4, 0.5) is 0 Å². The SMILES string of the molecule is C=C(C)[C@@]12O[C@@]3(c4ccccc4)O[C@@H]1[C@@H]1[C@@H]4O[C@]4(CO)[C@@H](O)[C@]4(O)C(=O)C(C)=C[C@H]4[C@@]1(O3)[C@H](C)[C@H]2OC(=O)/C=C/C=C/c1ccccc1. The van der Waals surface area contributed by atoms with Crippen LogP contribution in [-0.4, -0.2) is 80.5 Å². The Balaban J connectivity index is 1.29. The molecule has 6 aliphatic rings. The van der Waals surface area contributed by atoms with Crippen LogP contribution in [0.5, 0.6) is 0 Å². The van der Waals surface area contributed by atoms with E-state index in [0.717, 1.165) is 5.56 Å². The topological polar surface area (TPSA) is 144 Å². The molecule has 12 atom stereocenters. The van der Waals surface area contributed by atoms with Crippen molar-refractivity contribution in [3.8, 4) is 0 Å². The number of benzene rings is 2. The van der Waals surface area contributed by atoms with E-state index in [0.29, 0.717) is 11.1 Å². The monoisotopic (exact) mass is 654 g/mol. The average Bonchev–Trinajstić information content (AvgIpc) is 3.71. The summed E-state index contributed by atoms with van der Waals surface area (Å²) in [5.74, 6) is -5.98. The molecule has 2 saturated carbocycles. The number of ketones is 1. The highest BCUT2D eigenvalue weighted by Crippen LogP contribution is 2.74. The standard InChI is InChI=1S/C38H38O10/c1-21(2)36-30(44-27(40)18-12-11-15-24-13-7-5-8-14-24)23(4)37-26-19-22(3)29(41)35(26,43)33(42)34(20-39)31(45-34)28(37)32(36)46-38(47-36,48-37)25-16-9-6-10-17-25/h5-19,23,26,28,30-33,39,42-43H,1,20H2,2-4H3/b15-11+,18-12+/t23-,26-,28+,30-,31+,32-,33-,34+,35-,36+,37+,38-/m1/s1. The molecule has 250 valence electrons. The smallest absolute Gasteiger partial charge is 0.331 e. The molecule has 0 amide bonds. The molecule has 10 heteroatoms. The van der Waals surface area contributed by atoms with E-state index in [1.165, 1.54) is 6.08 Å². The Morgan fingerprint density at radius 1 is 1.02 bits per heavy atom. The number of rotatable bonds is 7. The first kappa shape index (κ1) is 31.5. The number of fused-ring (bicyclic) bond motifs is 3. The van der Waals surface area contributed by atoms with Crippen LogP contribution in [0.25, 0.3) is 6.08 Å². The van der Waals surface area contributed by atoms with Crippen molar-refractivity contribution in [2.45, 2.75) is 73.6 Å². The molecule has 0 unspecified atom stereocenters. The van der Waals surface area contributed by atoms with E-state index in [9.17, 15) is 24.9 Å². The van der Waals surface area contributed by atoms with Gasteiger partial charge in [-0.1, -0.05) is 98.5 Å². The minimum Gasteiger partial charge on any atom is -0.455 e. The van der Waals surface area contributed by atoms with Gasteiger partial charge in [0.15, 0.2) is 17.0 Å². The quantitative estimate of drug-likeness (QED) is 0.134. The van der Waals surface area contributed by atoms with Gasteiger partial charge < -0.3 is 39.0 Å². The van der Waals surface area contributed by atoms with Crippen molar-refractivity contribution in [2.24, 2.45) is 17.8 Å². The van der Waals surface area contributed by atoms with Gasteiger partial charge >= 0.3 is 11.9 Å². The molecule has 0 aromatic heterocycles. The molecule has 3 aliphatic carbocycles. The Bertz CT molecular complexity index is 1790. The predicted molar refractivity (Wildman–Crippen MR) is 170 cm³/mol. The molecule has 8 rings (SSSR count). The van der Waals surface area contributed by atoms with E-state index >= 15 is 0 Å². The zero-order chi connectivity index (χ0) is 33.9. The van der Waals surface area contributed by atoms with Crippen molar-refractivity contribution in [1.29, 1.82) is 0 Å². The molecule has 48 heavy (non-hydrogen) atoms. The number of ether oxygens (including phenoxy) is 5. The van der Waals surface area contributed by atoms with Crippen molar-refractivity contribution in [3.63, 3.8) is 0 Å². The first-order valence-corrected chi connectivity index (χ1v) is 16.2. The molecular weight excluding hydrogens is 616 g/mol. The van der Waals surface area contributed by atoms with Crippen molar-refractivity contribution < 1.29 is 48.6 Å². The van der Waals surface area contributed by atoms with Crippen LogP contribution in [0.3, 0.4) is 0 Å². The van der Waals surface area contributed by atoms with Gasteiger partial charge in [0.2, 0.25) is 0 Å². The molecular formula is C38H38O10. The summed E-state index contributed by atoms with van der Waals surface area (Å²) in [6, 6.07) is 18.6. The Kier molecular flexibility index (Phi) is 6.82. The van der Waals surface area contributed by atoms with E-state index < -0.39 is 88.9 Å². The predicted octanol–water partition coefficient (Wildman–Crippen LogP) is 3.12.